The van der Waals surface area contributed by atoms with Crippen molar-refractivity contribution in [2.45, 2.75) is 6.42 Å². The number of halogens is 2. The highest BCUT2D eigenvalue weighted by Crippen LogP contribution is 2.39. The van der Waals surface area contributed by atoms with Crippen molar-refractivity contribution < 1.29 is 14.6 Å². The van der Waals surface area contributed by atoms with Gasteiger partial charge < -0.3 is 9.84 Å². The standard InChI is InChI=1S/C11H10Cl2O3/c12-7-1-2-10(9(13)4-7)16-5-6-3-8(6)11(14)15/h1-2,4,6,8H,3,5H2,(H,14,15). The number of carboxylic acid groups (broad SMARTS) is 1. The summed E-state index contributed by atoms with van der Waals surface area (Å²) in [6.07, 6.45) is 0.681. The molecule has 2 rings (SSSR count). The molecule has 1 saturated carbocycles. The lowest BCUT2D eigenvalue weighted by Gasteiger charge is -2.07. The second-order valence-electron chi connectivity index (χ2n) is 3.83. The molecule has 3 nitrogen and oxygen atoms in total. The maximum atomic E-state index is 10.6. The first-order valence-electron chi connectivity index (χ1n) is 4.88. The highest BCUT2D eigenvalue weighted by molar-refractivity contribution is 6.35. The van der Waals surface area contributed by atoms with E-state index in [9.17, 15) is 4.79 Å². The van der Waals surface area contributed by atoms with Crippen molar-refractivity contribution in [1.29, 1.82) is 0 Å². The molecule has 1 aliphatic carbocycles. The normalized spacial score (nSPS) is 22.9. The van der Waals surface area contributed by atoms with Gasteiger partial charge in [-0.25, -0.2) is 0 Å². The number of carbonyl (C=O) groups is 1. The average Bonchev–Trinajstić information content (AvgIpc) is 2.96. The van der Waals surface area contributed by atoms with Crippen LogP contribution in [0.5, 0.6) is 5.75 Å². The van der Waals surface area contributed by atoms with Crippen LogP contribution >= 0.6 is 23.2 Å². The topological polar surface area (TPSA) is 46.5 Å². The summed E-state index contributed by atoms with van der Waals surface area (Å²) in [5, 5.41) is 9.71. The first kappa shape index (κ1) is 11.6. The van der Waals surface area contributed by atoms with Gasteiger partial charge in [-0.3, -0.25) is 4.79 Å². The van der Waals surface area contributed by atoms with Crippen molar-refractivity contribution in [3.05, 3.63) is 28.2 Å². The van der Waals surface area contributed by atoms with Crippen molar-refractivity contribution in [3.8, 4) is 5.75 Å². The predicted molar refractivity (Wildman–Crippen MR) is 61.2 cm³/mol. The minimum atomic E-state index is -0.754. The molecule has 2 atom stereocenters. The zero-order chi connectivity index (χ0) is 11.7. The molecule has 0 spiro atoms. The molecule has 86 valence electrons. The molecule has 0 radical (unpaired) electrons. The van der Waals surface area contributed by atoms with E-state index >= 15 is 0 Å². The molecular weight excluding hydrogens is 251 g/mol. The lowest BCUT2D eigenvalue weighted by molar-refractivity contribution is -0.138. The van der Waals surface area contributed by atoms with Crippen molar-refractivity contribution in [2.24, 2.45) is 11.8 Å². The summed E-state index contributed by atoms with van der Waals surface area (Å²) in [5.74, 6) is -0.367. The summed E-state index contributed by atoms with van der Waals surface area (Å²) in [4.78, 5) is 10.6. The van der Waals surface area contributed by atoms with Crippen molar-refractivity contribution >= 4 is 29.2 Å². The van der Waals surface area contributed by atoms with Crippen LogP contribution in [0.15, 0.2) is 18.2 Å². The molecule has 1 fully saturated rings. The molecule has 0 aromatic heterocycles. The number of hydrogen-bond acceptors (Lipinski definition) is 2. The number of rotatable bonds is 4. The molecule has 1 aromatic rings. The van der Waals surface area contributed by atoms with Crippen molar-refractivity contribution in [2.75, 3.05) is 6.61 Å². The van der Waals surface area contributed by atoms with Crippen LogP contribution < -0.4 is 4.74 Å². The average molecular weight is 261 g/mol. The maximum absolute atomic E-state index is 10.6. The quantitative estimate of drug-likeness (QED) is 0.905. The number of benzene rings is 1. The molecule has 0 saturated heterocycles. The van der Waals surface area contributed by atoms with E-state index in [1.54, 1.807) is 18.2 Å². The van der Waals surface area contributed by atoms with Gasteiger partial charge in [0.15, 0.2) is 0 Å². The third-order valence-corrected chi connectivity index (χ3v) is 3.12. The van der Waals surface area contributed by atoms with Gasteiger partial charge in [0.2, 0.25) is 0 Å². The first-order valence-corrected chi connectivity index (χ1v) is 5.64. The SMILES string of the molecule is O=C(O)C1CC1COc1ccc(Cl)cc1Cl. The van der Waals surface area contributed by atoms with Crippen molar-refractivity contribution in [1.82, 2.24) is 0 Å². The van der Waals surface area contributed by atoms with Crippen LogP contribution in [0.2, 0.25) is 10.0 Å². The third-order valence-electron chi connectivity index (χ3n) is 2.59. The highest BCUT2D eigenvalue weighted by atomic mass is 35.5. The fourth-order valence-corrected chi connectivity index (χ4v) is 1.99. The first-order chi connectivity index (χ1) is 7.58. The molecule has 0 aliphatic heterocycles. The Morgan fingerprint density at radius 3 is 2.81 bits per heavy atom. The monoisotopic (exact) mass is 260 g/mol. The molecule has 1 aliphatic rings. The van der Waals surface area contributed by atoms with Gasteiger partial charge in [0.25, 0.3) is 0 Å². The highest BCUT2D eigenvalue weighted by Gasteiger charge is 2.43. The van der Waals surface area contributed by atoms with Gasteiger partial charge in [-0.15, -0.1) is 0 Å². The molecule has 1 N–H and O–H groups in total. The van der Waals surface area contributed by atoms with Crippen LogP contribution in [-0.2, 0) is 4.79 Å². The zero-order valence-electron chi connectivity index (χ0n) is 8.32. The summed E-state index contributed by atoms with van der Waals surface area (Å²) >= 11 is 11.6. The van der Waals surface area contributed by atoms with E-state index in [2.05, 4.69) is 0 Å². The van der Waals surface area contributed by atoms with Gasteiger partial charge in [-0.1, -0.05) is 23.2 Å². The Morgan fingerprint density at radius 2 is 2.25 bits per heavy atom. The summed E-state index contributed by atoms with van der Waals surface area (Å²) in [6.45, 7) is 0.387. The molecular formula is C11H10Cl2O3. The molecule has 1 aromatic carbocycles. The van der Waals surface area contributed by atoms with E-state index in [0.717, 1.165) is 0 Å². The van der Waals surface area contributed by atoms with E-state index in [0.29, 0.717) is 28.8 Å². The number of ether oxygens (including phenoxy) is 1. The summed E-state index contributed by atoms with van der Waals surface area (Å²) in [7, 11) is 0. The van der Waals surface area contributed by atoms with E-state index in [1.807, 2.05) is 0 Å². The second-order valence-corrected chi connectivity index (χ2v) is 4.67. The number of carboxylic acids is 1. The summed E-state index contributed by atoms with van der Waals surface area (Å²) in [5.41, 5.74) is 0. The Bertz CT molecular complexity index is 420. The van der Waals surface area contributed by atoms with Gasteiger partial charge in [-0.05, 0) is 24.6 Å². The smallest absolute Gasteiger partial charge is 0.306 e. The lowest BCUT2D eigenvalue weighted by Crippen LogP contribution is -2.06. The molecule has 2 unspecified atom stereocenters. The minimum absolute atomic E-state index is 0.101. The van der Waals surface area contributed by atoms with Gasteiger partial charge in [0.05, 0.1) is 17.5 Å². The Balaban J connectivity index is 1.89. The van der Waals surface area contributed by atoms with E-state index in [-0.39, 0.29) is 11.8 Å². The zero-order valence-corrected chi connectivity index (χ0v) is 9.83. The third kappa shape index (κ3) is 2.60. The molecule has 0 heterocycles. The number of hydrogen-bond donors (Lipinski definition) is 1. The van der Waals surface area contributed by atoms with Crippen molar-refractivity contribution in [3.63, 3.8) is 0 Å². The van der Waals surface area contributed by atoms with Gasteiger partial charge in [-0.2, -0.15) is 0 Å². The Hall–Kier alpha value is -0.930. The van der Waals surface area contributed by atoms with E-state index in [4.69, 9.17) is 33.0 Å². The summed E-state index contributed by atoms with van der Waals surface area (Å²) < 4.78 is 5.44. The van der Waals surface area contributed by atoms with Gasteiger partial charge >= 0.3 is 5.97 Å². The van der Waals surface area contributed by atoms with E-state index < -0.39 is 5.97 Å². The molecule has 5 heteroatoms. The van der Waals surface area contributed by atoms with Crippen LogP contribution in [0, 0.1) is 11.8 Å². The Labute approximate surface area is 103 Å². The Kier molecular flexibility index (Phi) is 3.26. The molecule has 0 bridgehead atoms. The van der Waals surface area contributed by atoms with Crippen LogP contribution in [0.25, 0.3) is 0 Å². The van der Waals surface area contributed by atoms with E-state index in [1.165, 1.54) is 0 Å². The van der Waals surface area contributed by atoms with Crippen LogP contribution in [0.1, 0.15) is 6.42 Å². The second kappa shape index (κ2) is 4.52. The minimum Gasteiger partial charge on any atom is -0.492 e. The lowest BCUT2D eigenvalue weighted by atomic mass is 10.3. The Morgan fingerprint density at radius 1 is 1.50 bits per heavy atom. The van der Waals surface area contributed by atoms with Crippen LogP contribution in [-0.4, -0.2) is 17.7 Å². The predicted octanol–water partition coefficient (Wildman–Crippen LogP) is 3.09. The van der Waals surface area contributed by atoms with Gasteiger partial charge in [0, 0.05) is 10.9 Å². The fourth-order valence-electron chi connectivity index (χ4n) is 1.52. The maximum Gasteiger partial charge on any atom is 0.306 e. The molecule has 16 heavy (non-hydrogen) atoms. The van der Waals surface area contributed by atoms with Crippen LogP contribution in [0.3, 0.4) is 0 Å². The van der Waals surface area contributed by atoms with Gasteiger partial charge in [0.1, 0.15) is 5.75 Å². The fraction of sp³-hybridized carbons (Fsp3) is 0.364. The molecule has 0 amide bonds. The summed E-state index contributed by atoms with van der Waals surface area (Å²) in [6, 6.07) is 4.97. The largest absolute Gasteiger partial charge is 0.492 e. The van der Waals surface area contributed by atoms with Crippen LogP contribution in [0.4, 0.5) is 0 Å². The number of aliphatic carboxylic acids is 1.